The summed E-state index contributed by atoms with van der Waals surface area (Å²) >= 11 is 0. The Hall–Kier alpha value is -0.930. The van der Waals surface area contributed by atoms with Crippen molar-refractivity contribution < 1.29 is 4.74 Å². The fourth-order valence-corrected chi connectivity index (χ4v) is 2.24. The zero-order valence-corrected chi connectivity index (χ0v) is 9.36. The van der Waals surface area contributed by atoms with Gasteiger partial charge in [-0.3, -0.25) is 4.98 Å². The highest BCUT2D eigenvalue weighted by Gasteiger charge is 2.44. The van der Waals surface area contributed by atoms with Gasteiger partial charge in [0, 0.05) is 11.7 Å². The van der Waals surface area contributed by atoms with Gasteiger partial charge in [0.15, 0.2) is 0 Å². The van der Waals surface area contributed by atoms with Crippen LogP contribution in [-0.4, -0.2) is 23.7 Å². The van der Waals surface area contributed by atoms with E-state index in [4.69, 9.17) is 10.5 Å². The topological polar surface area (TPSA) is 48.1 Å². The van der Waals surface area contributed by atoms with Crippen molar-refractivity contribution in [2.24, 2.45) is 5.73 Å². The standard InChI is InChI=1S/C12H18N2O/c1-11(2,13)7-12(8-15-9-12)10-5-3-4-6-14-10/h3-6H,7-9,13H2,1-2H3. The minimum Gasteiger partial charge on any atom is -0.379 e. The summed E-state index contributed by atoms with van der Waals surface area (Å²) in [6.07, 6.45) is 2.75. The van der Waals surface area contributed by atoms with Crippen molar-refractivity contribution in [2.45, 2.75) is 31.2 Å². The second-order valence-electron chi connectivity index (χ2n) is 5.15. The Kier molecular flexibility index (Phi) is 2.52. The van der Waals surface area contributed by atoms with Gasteiger partial charge >= 0.3 is 0 Å². The van der Waals surface area contributed by atoms with Gasteiger partial charge in [0.25, 0.3) is 0 Å². The molecule has 82 valence electrons. The Morgan fingerprint density at radius 1 is 1.47 bits per heavy atom. The van der Waals surface area contributed by atoms with Crippen molar-refractivity contribution in [2.75, 3.05) is 13.2 Å². The van der Waals surface area contributed by atoms with Crippen LogP contribution in [0.25, 0.3) is 0 Å². The first-order valence-electron chi connectivity index (χ1n) is 5.30. The summed E-state index contributed by atoms with van der Waals surface area (Å²) in [7, 11) is 0. The van der Waals surface area contributed by atoms with Crippen LogP contribution in [0.1, 0.15) is 26.0 Å². The molecular formula is C12H18N2O. The summed E-state index contributed by atoms with van der Waals surface area (Å²) in [5.74, 6) is 0. The van der Waals surface area contributed by atoms with E-state index < -0.39 is 0 Å². The van der Waals surface area contributed by atoms with E-state index >= 15 is 0 Å². The lowest BCUT2D eigenvalue weighted by atomic mass is 9.73. The first kappa shape index (κ1) is 10.6. The Morgan fingerprint density at radius 2 is 2.20 bits per heavy atom. The van der Waals surface area contributed by atoms with Crippen LogP contribution in [0.15, 0.2) is 24.4 Å². The number of ether oxygens (including phenoxy) is 1. The molecule has 0 spiro atoms. The van der Waals surface area contributed by atoms with Crippen LogP contribution < -0.4 is 5.73 Å². The molecule has 1 saturated heterocycles. The summed E-state index contributed by atoms with van der Waals surface area (Å²) in [4.78, 5) is 4.42. The van der Waals surface area contributed by atoms with Crippen molar-refractivity contribution in [3.63, 3.8) is 0 Å². The van der Waals surface area contributed by atoms with Crippen LogP contribution >= 0.6 is 0 Å². The third-order valence-electron chi connectivity index (χ3n) is 2.76. The molecule has 0 radical (unpaired) electrons. The van der Waals surface area contributed by atoms with Crippen LogP contribution in [0.4, 0.5) is 0 Å². The second kappa shape index (κ2) is 3.58. The molecule has 0 amide bonds. The molecule has 0 bridgehead atoms. The molecule has 0 saturated carbocycles. The second-order valence-corrected chi connectivity index (χ2v) is 5.15. The Balaban J connectivity index is 2.23. The minimum atomic E-state index is -0.179. The third kappa shape index (κ3) is 2.19. The molecule has 2 N–H and O–H groups in total. The largest absolute Gasteiger partial charge is 0.379 e. The zero-order valence-electron chi connectivity index (χ0n) is 9.36. The minimum absolute atomic E-state index is 0.0412. The van der Waals surface area contributed by atoms with E-state index in [0.717, 1.165) is 25.3 Å². The maximum atomic E-state index is 6.09. The van der Waals surface area contributed by atoms with Gasteiger partial charge in [0.2, 0.25) is 0 Å². The SMILES string of the molecule is CC(C)(N)CC1(c2ccccn2)COC1. The average molecular weight is 206 g/mol. The predicted molar refractivity (Wildman–Crippen MR) is 59.6 cm³/mol. The van der Waals surface area contributed by atoms with E-state index in [1.165, 1.54) is 0 Å². The molecule has 0 unspecified atom stereocenters. The highest BCUT2D eigenvalue weighted by molar-refractivity contribution is 5.21. The van der Waals surface area contributed by atoms with Crippen molar-refractivity contribution in [1.82, 2.24) is 4.98 Å². The molecule has 1 aliphatic heterocycles. The van der Waals surface area contributed by atoms with E-state index in [2.05, 4.69) is 24.9 Å². The number of hydrogen-bond donors (Lipinski definition) is 1. The fourth-order valence-electron chi connectivity index (χ4n) is 2.24. The van der Waals surface area contributed by atoms with Crippen LogP contribution in [0.5, 0.6) is 0 Å². The molecule has 15 heavy (non-hydrogen) atoms. The molecule has 0 atom stereocenters. The van der Waals surface area contributed by atoms with Crippen LogP contribution in [0.2, 0.25) is 0 Å². The molecule has 1 aromatic rings. The van der Waals surface area contributed by atoms with Crippen molar-refractivity contribution in [3.05, 3.63) is 30.1 Å². The molecule has 3 nitrogen and oxygen atoms in total. The number of aromatic nitrogens is 1. The summed E-state index contributed by atoms with van der Waals surface area (Å²) in [6, 6.07) is 6.02. The van der Waals surface area contributed by atoms with Crippen molar-refractivity contribution in [1.29, 1.82) is 0 Å². The molecule has 0 aromatic carbocycles. The number of nitrogens with zero attached hydrogens (tertiary/aromatic N) is 1. The fraction of sp³-hybridized carbons (Fsp3) is 0.583. The Labute approximate surface area is 90.7 Å². The summed E-state index contributed by atoms with van der Waals surface area (Å²) < 4.78 is 5.34. The van der Waals surface area contributed by atoms with Gasteiger partial charge in [-0.25, -0.2) is 0 Å². The summed E-state index contributed by atoms with van der Waals surface area (Å²) in [5.41, 5.74) is 7.05. The maximum Gasteiger partial charge on any atom is 0.0610 e. The van der Waals surface area contributed by atoms with Gasteiger partial charge in [-0.15, -0.1) is 0 Å². The van der Waals surface area contributed by atoms with Gasteiger partial charge in [-0.2, -0.15) is 0 Å². The summed E-state index contributed by atoms with van der Waals surface area (Å²) in [6.45, 7) is 5.58. The normalized spacial score (nSPS) is 19.7. The highest BCUT2D eigenvalue weighted by atomic mass is 16.5. The lowest BCUT2D eigenvalue weighted by Gasteiger charge is -2.44. The van der Waals surface area contributed by atoms with Gasteiger partial charge < -0.3 is 10.5 Å². The number of hydrogen-bond acceptors (Lipinski definition) is 3. The van der Waals surface area contributed by atoms with Gasteiger partial charge in [0.05, 0.1) is 24.3 Å². The Bertz CT molecular complexity index is 325. The smallest absolute Gasteiger partial charge is 0.0610 e. The lowest BCUT2D eigenvalue weighted by molar-refractivity contribution is -0.0740. The van der Waals surface area contributed by atoms with Gasteiger partial charge in [0.1, 0.15) is 0 Å². The molecule has 0 aliphatic carbocycles. The molecule has 3 heteroatoms. The molecular weight excluding hydrogens is 188 g/mol. The van der Waals surface area contributed by atoms with Crippen molar-refractivity contribution in [3.8, 4) is 0 Å². The first-order chi connectivity index (χ1) is 7.02. The van der Waals surface area contributed by atoms with Crippen LogP contribution in [0.3, 0.4) is 0 Å². The van der Waals surface area contributed by atoms with Crippen molar-refractivity contribution >= 4 is 0 Å². The number of nitrogens with two attached hydrogens (primary N) is 1. The monoisotopic (exact) mass is 206 g/mol. The number of rotatable bonds is 3. The van der Waals surface area contributed by atoms with E-state index in [1.807, 2.05) is 18.3 Å². The van der Waals surface area contributed by atoms with E-state index in [0.29, 0.717) is 0 Å². The zero-order chi connectivity index (χ0) is 10.9. The molecule has 2 heterocycles. The molecule has 1 aliphatic rings. The lowest BCUT2D eigenvalue weighted by Crippen LogP contribution is -2.53. The summed E-state index contributed by atoms with van der Waals surface area (Å²) in [5, 5.41) is 0. The van der Waals surface area contributed by atoms with Gasteiger partial charge in [-0.1, -0.05) is 6.07 Å². The quantitative estimate of drug-likeness (QED) is 0.814. The average Bonchev–Trinajstić information content (AvgIpc) is 2.11. The van der Waals surface area contributed by atoms with Gasteiger partial charge in [-0.05, 0) is 32.4 Å². The highest BCUT2D eigenvalue weighted by Crippen LogP contribution is 2.37. The van der Waals surface area contributed by atoms with Crippen LogP contribution in [-0.2, 0) is 10.2 Å². The predicted octanol–water partition coefficient (Wildman–Crippen LogP) is 1.48. The molecule has 1 aromatic heterocycles. The Morgan fingerprint density at radius 3 is 2.60 bits per heavy atom. The van der Waals surface area contributed by atoms with E-state index in [9.17, 15) is 0 Å². The van der Waals surface area contributed by atoms with E-state index in [1.54, 1.807) is 0 Å². The number of pyridine rings is 1. The molecule has 2 rings (SSSR count). The maximum absolute atomic E-state index is 6.09. The molecule has 1 fully saturated rings. The third-order valence-corrected chi connectivity index (χ3v) is 2.76. The van der Waals surface area contributed by atoms with E-state index in [-0.39, 0.29) is 11.0 Å². The first-order valence-corrected chi connectivity index (χ1v) is 5.30. The van der Waals surface area contributed by atoms with Crippen LogP contribution in [0, 0.1) is 0 Å².